The van der Waals surface area contributed by atoms with Gasteiger partial charge in [-0.15, -0.1) is 11.1 Å². The van der Waals surface area contributed by atoms with Gasteiger partial charge in [-0.1, -0.05) is 53.6 Å². The number of aliphatic hydroxyl groups is 1. The van der Waals surface area contributed by atoms with E-state index in [1.807, 2.05) is 18.2 Å². The first kappa shape index (κ1) is 51.7. The summed E-state index contributed by atoms with van der Waals surface area (Å²) in [5.74, 6) is -1.11. The average Bonchev–Trinajstić information content (AvgIpc) is 3.46. The van der Waals surface area contributed by atoms with Gasteiger partial charge in [-0.3, -0.25) is 0 Å². The van der Waals surface area contributed by atoms with Crippen LogP contribution in [0.5, 0.6) is 5.75 Å². The SMILES string of the molecule is COCCOCCOCCOc1ccc(C2(c3c[c-]c(COCCOCCOCCO)cc3)c3cc(C)ccc3-c3ccc(C)cc32)cc1C(=O)[O-].O=C=O.[K+].[K+]. The molecule has 1 aliphatic rings. The van der Waals surface area contributed by atoms with E-state index in [1.54, 1.807) is 19.2 Å². The molecule has 0 amide bonds. The van der Waals surface area contributed by atoms with E-state index in [9.17, 15) is 9.90 Å². The summed E-state index contributed by atoms with van der Waals surface area (Å²) in [6.45, 7) is 8.71. The second-order valence-electron chi connectivity index (χ2n) is 12.6. The third-order valence-corrected chi connectivity index (χ3v) is 8.92. The molecule has 1 N–H and O–H groups in total. The molecule has 4 aromatic carbocycles. The molecule has 1 aliphatic carbocycles. The summed E-state index contributed by atoms with van der Waals surface area (Å²) in [7, 11) is 1.62. The summed E-state index contributed by atoms with van der Waals surface area (Å²) < 4.78 is 38.5. The normalized spacial score (nSPS) is 11.9. The number of aliphatic hydroxyl groups excluding tert-OH is 1. The molecule has 0 fully saturated rings. The van der Waals surface area contributed by atoms with Gasteiger partial charge in [0.25, 0.3) is 0 Å². The number of carbonyl (C=O) groups is 1. The van der Waals surface area contributed by atoms with E-state index < -0.39 is 11.4 Å². The van der Waals surface area contributed by atoms with Crippen molar-refractivity contribution in [3.63, 3.8) is 0 Å². The van der Waals surface area contributed by atoms with E-state index in [-0.39, 0.29) is 140 Å². The molecule has 14 heteroatoms. The Hall–Kier alpha value is -1.48. The van der Waals surface area contributed by atoms with Crippen LogP contribution in [0.4, 0.5) is 0 Å². The van der Waals surface area contributed by atoms with Crippen LogP contribution < -0.4 is 113 Å². The Morgan fingerprint density at radius 3 is 1.70 bits per heavy atom. The number of methoxy groups -OCH3 is 1. The van der Waals surface area contributed by atoms with Gasteiger partial charge in [-0.05, 0) is 53.8 Å². The molecule has 0 heterocycles. The third-order valence-electron chi connectivity index (χ3n) is 8.92. The molecule has 5 rings (SSSR count). The van der Waals surface area contributed by atoms with E-state index in [1.165, 1.54) is 0 Å². The Balaban J connectivity index is 0.00000217. The summed E-state index contributed by atoms with van der Waals surface area (Å²) in [5, 5.41) is 21.5. The maximum Gasteiger partial charge on any atom is 1.00 e. The van der Waals surface area contributed by atoms with Gasteiger partial charge in [0.05, 0.1) is 78.6 Å². The van der Waals surface area contributed by atoms with Crippen LogP contribution in [0.15, 0.2) is 72.8 Å². The summed E-state index contributed by atoms with van der Waals surface area (Å²) >= 11 is 0. The number of carbonyl (C=O) groups excluding carboxylic acids is 3. The van der Waals surface area contributed by atoms with Crippen molar-refractivity contribution in [2.75, 3.05) is 86.4 Å². The number of ether oxygens (including phenoxy) is 7. The van der Waals surface area contributed by atoms with Gasteiger partial charge < -0.3 is 48.2 Å². The van der Waals surface area contributed by atoms with Crippen molar-refractivity contribution in [2.45, 2.75) is 25.9 Å². The first-order valence-electron chi connectivity index (χ1n) is 18.0. The van der Waals surface area contributed by atoms with Crippen molar-refractivity contribution < 1.29 is 161 Å². The Morgan fingerprint density at radius 1 is 0.684 bits per heavy atom. The number of fused-ring (bicyclic) bond motifs is 3. The minimum Gasteiger partial charge on any atom is -0.545 e. The van der Waals surface area contributed by atoms with E-state index in [0.29, 0.717) is 66.1 Å². The van der Waals surface area contributed by atoms with Gasteiger partial charge in [-0.25, -0.2) is 0 Å². The topological polar surface area (TPSA) is 159 Å². The minimum atomic E-state index is -1.33. The molecule has 0 radical (unpaired) electrons. The number of aryl methyl sites for hydroxylation is 2. The van der Waals surface area contributed by atoms with Crippen LogP contribution in [0.25, 0.3) is 11.1 Å². The zero-order valence-corrected chi connectivity index (χ0v) is 39.8. The van der Waals surface area contributed by atoms with Crippen LogP contribution in [-0.4, -0.2) is 104 Å². The molecule has 0 atom stereocenters. The molecule has 0 saturated carbocycles. The van der Waals surface area contributed by atoms with Gasteiger partial charge in [0.2, 0.25) is 0 Å². The van der Waals surface area contributed by atoms with Crippen LogP contribution in [0.3, 0.4) is 0 Å². The Bertz CT molecular complexity index is 1790. The zero-order chi connectivity index (χ0) is 39.5. The van der Waals surface area contributed by atoms with Gasteiger partial charge in [0.1, 0.15) is 12.4 Å². The fourth-order valence-corrected chi connectivity index (χ4v) is 6.53. The molecular weight excluding hydrogens is 787 g/mol. The first-order valence-corrected chi connectivity index (χ1v) is 18.0. The molecule has 12 nitrogen and oxygen atoms in total. The van der Waals surface area contributed by atoms with E-state index in [4.69, 9.17) is 47.9 Å². The Morgan fingerprint density at radius 2 is 1.19 bits per heavy atom. The molecule has 0 aliphatic heterocycles. The first-order chi connectivity index (χ1) is 26.8. The van der Waals surface area contributed by atoms with Crippen LogP contribution in [-0.2, 0) is 50.0 Å². The van der Waals surface area contributed by atoms with Crippen molar-refractivity contribution in [1.29, 1.82) is 0 Å². The largest absolute Gasteiger partial charge is 1.00 e. The number of rotatable bonds is 23. The van der Waals surface area contributed by atoms with Gasteiger partial charge >= 0.3 is 109 Å². The van der Waals surface area contributed by atoms with E-state index in [2.05, 4.69) is 62.4 Å². The maximum absolute atomic E-state index is 12.7. The van der Waals surface area contributed by atoms with Crippen LogP contribution in [0.2, 0.25) is 0 Å². The molecule has 4 aromatic rings. The van der Waals surface area contributed by atoms with Crippen molar-refractivity contribution in [3.05, 3.63) is 123 Å². The molecule has 294 valence electrons. The number of aromatic carboxylic acids is 1. The second-order valence-corrected chi connectivity index (χ2v) is 12.6. The van der Waals surface area contributed by atoms with Crippen LogP contribution >= 0.6 is 0 Å². The summed E-state index contributed by atoms with van der Waals surface area (Å²) in [6, 6.07) is 27.7. The standard InChI is InChI=1S/C42H49O10.CO2.2K/c1-30-4-11-35-36-12-5-31(2)27-39(36)42(38(35)26-30,33-8-6-32(7-9-33)29-51-23-22-49-19-18-47-15-14-43)34-10-13-40(37(28-34)41(44)45)52-25-24-50-21-20-48-17-16-46-3;2-1-3;;/h4-6,8-13,26-28,43H,14-25,29H2,1-3H3,(H,44,45);;;/q-1;;2*+1/p-1. The van der Waals surface area contributed by atoms with Crippen molar-refractivity contribution in [2.24, 2.45) is 0 Å². The summed E-state index contributed by atoms with van der Waals surface area (Å²) in [4.78, 5) is 28.9. The molecule has 0 spiro atoms. The van der Waals surface area contributed by atoms with Crippen LogP contribution in [0.1, 0.15) is 49.3 Å². The predicted molar refractivity (Wildman–Crippen MR) is 199 cm³/mol. The monoisotopic (exact) mass is 834 g/mol. The van der Waals surface area contributed by atoms with E-state index in [0.717, 1.165) is 50.1 Å². The molecular formula is C43H48K2O12. The average molecular weight is 835 g/mol. The number of carboxylic acid groups (broad SMARTS) is 1. The molecule has 0 bridgehead atoms. The van der Waals surface area contributed by atoms with Gasteiger partial charge in [-0.2, -0.15) is 33.9 Å². The maximum atomic E-state index is 12.7. The fraction of sp³-hybridized carbons (Fsp3) is 0.395. The fourth-order valence-electron chi connectivity index (χ4n) is 6.53. The number of benzene rings is 4. The summed E-state index contributed by atoms with van der Waals surface area (Å²) in [6.07, 6.45) is 0.250. The van der Waals surface area contributed by atoms with E-state index >= 15 is 0 Å². The molecule has 0 aromatic heterocycles. The van der Waals surface area contributed by atoms with Crippen molar-refractivity contribution in [1.82, 2.24) is 0 Å². The second kappa shape index (κ2) is 28.1. The quantitative estimate of drug-likeness (QED) is 0.0433. The molecule has 57 heavy (non-hydrogen) atoms. The summed E-state index contributed by atoms with van der Waals surface area (Å²) in [5.41, 5.74) is 8.19. The number of hydrogen-bond acceptors (Lipinski definition) is 12. The Kier molecular flexibility index (Phi) is 25.5. The zero-order valence-electron chi connectivity index (χ0n) is 33.6. The number of hydrogen-bond donors (Lipinski definition) is 1. The van der Waals surface area contributed by atoms with Gasteiger partial charge in [0, 0.05) is 24.7 Å². The third kappa shape index (κ3) is 14.6. The smallest absolute Gasteiger partial charge is 0.545 e. The van der Waals surface area contributed by atoms with Gasteiger partial charge in [0.15, 0.2) is 0 Å². The Labute approximate surface area is 419 Å². The minimum absolute atomic E-state index is 0. The predicted octanol–water partition coefficient (Wildman–Crippen LogP) is -2.14. The van der Waals surface area contributed by atoms with Crippen molar-refractivity contribution in [3.8, 4) is 16.9 Å². The molecule has 0 saturated heterocycles. The van der Waals surface area contributed by atoms with Crippen LogP contribution in [0, 0.1) is 19.9 Å². The number of carboxylic acids is 1. The molecule has 0 unspecified atom stereocenters. The van der Waals surface area contributed by atoms with Crippen molar-refractivity contribution >= 4 is 12.1 Å².